The Bertz CT molecular complexity index is 186. The average molecular weight is 253 g/mol. The summed E-state index contributed by atoms with van der Waals surface area (Å²) in [6.07, 6.45) is 14.7. The summed E-state index contributed by atoms with van der Waals surface area (Å²) in [5.41, 5.74) is 0. The van der Waals surface area contributed by atoms with Crippen molar-refractivity contribution in [3.05, 3.63) is 0 Å². The van der Waals surface area contributed by atoms with E-state index >= 15 is 0 Å². The lowest BCUT2D eigenvalue weighted by Gasteiger charge is -2.04. The number of hydrogen-bond acceptors (Lipinski definition) is 2. The number of unbranched alkanes of at least 4 members (excludes halogenated alkanes) is 10. The first-order valence-corrected chi connectivity index (χ1v) is 7.86. The van der Waals surface area contributed by atoms with Crippen LogP contribution in [0.15, 0.2) is 0 Å². The van der Waals surface area contributed by atoms with Gasteiger partial charge in [-0.1, -0.05) is 58.3 Å². The summed E-state index contributed by atoms with van der Waals surface area (Å²) in [6, 6.07) is 2.19. The smallest absolute Gasteiger partial charge is 0.0621 e. The minimum atomic E-state index is 0.717. The summed E-state index contributed by atoms with van der Waals surface area (Å²) < 4.78 is 5.62. The molecule has 0 amide bonds. The molecule has 2 nitrogen and oxygen atoms in total. The molecule has 0 aliphatic rings. The van der Waals surface area contributed by atoms with Crippen LogP contribution in [-0.4, -0.2) is 13.2 Å². The first-order chi connectivity index (χ1) is 8.91. The number of nitriles is 1. The van der Waals surface area contributed by atoms with E-state index in [9.17, 15) is 0 Å². The summed E-state index contributed by atoms with van der Waals surface area (Å²) in [7, 11) is 0. The van der Waals surface area contributed by atoms with Crippen LogP contribution >= 0.6 is 0 Å². The first kappa shape index (κ1) is 17.4. The van der Waals surface area contributed by atoms with Crippen molar-refractivity contribution in [3.63, 3.8) is 0 Å². The monoisotopic (exact) mass is 253 g/mol. The molecule has 2 heteroatoms. The summed E-state index contributed by atoms with van der Waals surface area (Å²) in [4.78, 5) is 0. The first-order valence-electron chi connectivity index (χ1n) is 7.86. The van der Waals surface area contributed by atoms with Gasteiger partial charge in [-0.2, -0.15) is 5.26 Å². The Kier molecular flexibility index (Phi) is 15.9. The molecule has 0 atom stereocenters. The lowest BCUT2D eigenvalue weighted by molar-refractivity contribution is 0.125. The average Bonchev–Trinajstić information content (AvgIpc) is 2.39. The van der Waals surface area contributed by atoms with E-state index in [1.165, 1.54) is 64.2 Å². The maximum atomic E-state index is 8.39. The van der Waals surface area contributed by atoms with Crippen molar-refractivity contribution in [3.8, 4) is 6.07 Å². The lowest BCUT2D eigenvalue weighted by Crippen LogP contribution is -1.97. The lowest BCUT2D eigenvalue weighted by atomic mass is 10.1. The van der Waals surface area contributed by atoms with Crippen molar-refractivity contribution in [1.29, 1.82) is 5.26 Å². The molecule has 18 heavy (non-hydrogen) atoms. The molecule has 0 fully saturated rings. The molecule has 0 aliphatic heterocycles. The highest BCUT2D eigenvalue weighted by Gasteiger charge is 1.93. The molecule has 106 valence electrons. The highest BCUT2D eigenvalue weighted by atomic mass is 16.5. The predicted molar refractivity (Wildman–Crippen MR) is 77.5 cm³/mol. The highest BCUT2D eigenvalue weighted by molar-refractivity contribution is 4.67. The second-order valence-electron chi connectivity index (χ2n) is 5.06. The van der Waals surface area contributed by atoms with Gasteiger partial charge in [0.25, 0.3) is 0 Å². The molecule has 0 bridgehead atoms. The van der Waals surface area contributed by atoms with Gasteiger partial charge in [0.15, 0.2) is 0 Å². The fourth-order valence-corrected chi connectivity index (χ4v) is 2.03. The van der Waals surface area contributed by atoms with E-state index in [-0.39, 0.29) is 0 Å². The van der Waals surface area contributed by atoms with E-state index in [4.69, 9.17) is 10.00 Å². The Labute approximate surface area is 114 Å². The normalized spacial score (nSPS) is 10.4. The zero-order valence-electron chi connectivity index (χ0n) is 12.3. The Morgan fingerprint density at radius 2 is 1.22 bits per heavy atom. The van der Waals surface area contributed by atoms with Gasteiger partial charge in [-0.05, 0) is 19.3 Å². The van der Waals surface area contributed by atoms with Gasteiger partial charge in [-0.25, -0.2) is 0 Å². The van der Waals surface area contributed by atoms with E-state index in [1.54, 1.807) is 0 Å². The van der Waals surface area contributed by atoms with Crippen LogP contribution in [-0.2, 0) is 4.74 Å². The van der Waals surface area contributed by atoms with Crippen LogP contribution in [0.1, 0.15) is 84.0 Å². The van der Waals surface area contributed by atoms with Gasteiger partial charge in [-0.15, -0.1) is 0 Å². The third-order valence-corrected chi connectivity index (χ3v) is 3.22. The number of hydrogen-bond donors (Lipinski definition) is 0. The Hall–Kier alpha value is -0.550. The molecule has 0 N–H and O–H groups in total. The van der Waals surface area contributed by atoms with Gasteiger partial charge in [0.05, 0.1) is 6.07 Å². The van der Waals surface area contributed by atoms with Crippen molar-refractivity contribution in [2.24, 2.45) is 0 Å². The van der Waals surface area contributed by atoms with Crippen LogP contribution in [0, 0.1) is 11.3 Å². The van der Waals surface area contributed by atoms with Gasteiger partial charge in [-0.3, -0.25) is 0 Å². The highest BCUT2D eigenvalue weighted by Crippen LogP contribution is 2.06. The second-order valence-corrected chi connectivity index (χ2v) is 5.06. The van der Waals surface area contributed by atoms with Crippen molar-refractivity contribution < 1.29 is 4.74 Å². The van der Waals surface area contributed by atoms with Gasteiger partial charge >= 0.3 is 0 Å². The van der Waals surface area contributed by atoms with E-state index in [0.29, 0.717) is 6.42 Å². The van der Waals surface area contributed by atoms with E-state index in [0.717, 1.165) is 19.6 Å². The van der Waals surface area contributed by atoms with E-state index in [2.05, 4.69) is 13.0 Å². The molecule has 0 aromatic heterocycles. The predicted octanol–water partition coefficient (Wildman–Crippen LogP) is 5.23. The zero-order valence-corrected chi connectivity index (χ0v) is 12.3. The van der Waals surface area contributed by atoms with E-state index < -0.39 is 0 Å². The standard InChI is InChI=1S/C16H31NO/c1-2-3-4-5-9-12-15-18-16-13-10-7-6-8-11-14-17/h2-13,15-16H2,1H3. The summed E-state index contributed by atoms with van der Waals surface area (Å²) in [5, 5.41) is 8.39. The van der Waals surface area contributed by atoms with Gasteiger partial charge < -0.3 is 4.74 Å². The topological polar surface area (TPSA) is 33.0 Å². The second kappa shape index (κ2) is 16.4. The maximum absolute atomic E-state index is 8.39. The van der Waals surface area contributed by atoms with Crippen LogP contribution < -0.4 is 0 Å². The zero-order chi connectivity index (χ0) is 13.3. The molecule has 0 unspecified atom stereocenters. The molecular weight excluding hydrogens is 222 g/mol. The number of rotatable bonds is 14. The van der Waals surface area contributed by atoms with Crippen molar-refractivity contribution in [2.75, 3.05) is 13.2 Å². The molecular formula is C16H31NO. The van der Waals surface area contributed by atoms with Gasteiger partial charge in [0.1, 0.15) is 0 Å². The quantitative estimate of drug-likeness (QED) is 0.397. The van der Waals surface area contributed by atoms with Crippen LogP contribution in [0.5, 0.6) is 0 Å². The molecule has 0 heterocycles. The SMILES string of the molecule is CCCCCCCCOCCCCCCCC#N. The fraction of sp³-hybridized carbons (Fsp3) is 0.938. The van der Waals surface area contributed by atoms with Gasteiger partial charge in [0.2, 0.25) is 0 Å². The molecule has 0 aromatic rings. The minimum Gasteiger partial charge on any atom is -0.381 e. The van der Waals surface area contributed by atoms with Crippen molar-refractivity contribution >= 4 is 0 Å². The molecule has 0 aromatic carbocycles. The molecule has 0 saturated heterocycles. The Balaban J connectivity index is 2.89. The minimum absolute atomic E-state index is 0.717. The third-order valence-electron chi connectivity index (χ3n) is 3.22. The molecule has 0 radical (unpaired) electrons. The third kappa shape index (κ3) is 15.4. The Morgan fingerprint density at radius 1 is 0.722 bits per heavy atom. The summed E-state index contributed by atoms with van der Waals surface area (Å²) >= 11 is 0. The van der Waals surface area contributed by atoms with Crippen molar-refractivity contribution in [1.82, 2.24) is 0 Å². The molecule has 0 aliphatic carbocycles. The molecule has 0 spiro atoms. The fourth-order valence-electron chi connectivity index (χ4n) is 2.03. The van der Waals surface area contributed by atoms with Crippen LogP contribution in [0.4, 0.5) is 0 Å². The van der Waals surface area contributed by atoms with E-state index in [1.807, 2.05) is 0 Å². The van der Waals surface area contributed by atoms with Crippen LogP contribution in [0.2, 0.25) is 0 Å². The largest absolute Gasteiger partial charge is 0.381 e. The molecule has 0 saturated carbocycles. The summed E-state index contributed by atoms with van der Waals surface area (Å²) in [6.45, 7) is 4.12. The number of nitrogens with zero attached hydrogens (tertiary/aromatic N) is 1. The number of ether oxygens (including phenoxy) is 1. The summed E-state index contributed by atoms with van der Waals surface area (Å²) in [5.74, 6) is 0. The molecule has 0 rings (SSSR count). The maximum Gasteiger partial charge on any atom is 0.0621 e. The van der Waals surface area contributed by atoms with Gasteiger partial charge in [0, 0.05) is 19.6 Å². The van der Waals surface area contributed by atoms with Crippen LogP contribution in [0.3, 0.4) is 0 Å². The van der Waals surface area contributed by atoms with Crippen LogP contribution in [0.25, 0.3) is 0 Å². The van der Waals surface area contributed by atoms with Crippen molar-refractivity contribution in [2.45, 2.75) is 84.0 Å². The Morgan fingerprint density at radius 3 is 1.78 bits per heavy atom.